The van der Waals surface area contributed by atoms with Gasteiger partial charge in [-0.3, -0.25) is 4.79 Å². The van der Waals surface area contributed by atoms with Crippen LogP contribution in [0.5, 0.6) is 0 Å². The molecule has 3 N–H and O–H groups in total. The molecule has 2 aromatic rings. The topological polar surface area (TPSA) is 87.1 Å². The van der Waals surface area contributed by atoms with E-state index in [2.05, 4.69) is 20.6 Å². The quantitative estimate of drug-likeness (QED) is 0.733. The van der Waals surface area contributed by atoms with Crippen molar-refractivity contribution in [1.82, 2.24) is 9.97 Å². The molecule has 24 heavy (non-hydrogen) atoms. The average molecular weight is 361 g/mol. The molecule has 0 amide bonds. The van der Waals surface area contributed by atoms with Gasteiger partial charge in [-0.05, 0) is 17.7 Å². The largest absolute Gasteiger partial charge is 0.480 e. The lowest BCUT2D eigenvalue weighted by molar-refractivity contribution is -0.141. The molecule has 0 saturated carbocycles. The van der Waals surface area contributed by atoms with E-state index in [1.165, 1.54) is 0 Å². The summed E-state index contributed by atoms with van der Waals surface area (Å²) in [6.45, 7) is -0.414. The summed E-state index contributed by atoms with van der Waals surface area (Å²) < 4.78 is 38.6. The maximum Gasteiger partial charge on any atom is 0.433 e. The van der Waals surface area contributed by atoms with Crippen LogP contribution in [0.3, 0.4) is 0 Å². The molecule has 0 aliphatic heterocycles. The fourth-order valence-corrected chi connectivity index (χ4v) is 1.97. The summed E-state index contributed by atoms with van der Waals surface area (Å²) >= 11 is 5.84. The number of rotatable bonds is 6. The number of nitrogens with one attached hydrogen (secondary N) is 2. The van der Waals surface area contributed by atoms with Crippen LogP contribution in [0.2, 0.25) is 5.02 Å². The molecule has 0 aliphatic rings. The van der Waals surface area contributed by atoms with Gasteiger partial charge in [0.05, 0.1) is 0 Å². The zero-order valence-corrected chi connectivity index (χ0v) is 12.8. The van der Waals surface area contributed by atoms with Crippen LogP contribution in [0.4, 0.5) is 24.9 Å². The van der Waals surface area contributed by atoms with Crippen LogP contribution >= 0.6 is 11.6 Å². The Labute approximate surface area is 139 Å². The fraction of sp³-hybridized carbons (Fsp3) is 0.214. The van der Waals surface area contributed by atoms with Gasteiger partial charge in [0.15, 0.2) is 5.69 Å². The third-order valence-electron chi connectivity index (χ3n) is 2.78. The summed E-state index contributed by atoms with van der Waals surface area (Å²) in [6.07, 6.45) is -4.69. The Hall–Kier alpha value is -2.55. The van der Waals surface area contributed by atoms with Crippen molar-refractivity contribution < 1.29 is 23.1 Å². The summed E-state index contributed by atoms with van der Waals surface area (Å²) in [7, 11) is 0. The number of carbonyl (C=O) groups is 1. The number of aromatic nitrogens is 2. The van der Waals surface area contributed by atoms with E-state index in [0.29, 0.717) is 5.02 Å². The van der Waals surface area contributed by atoms with Crippen LogP contribution in [0, 0.1) is 0 Å². The molecular weight excluding hydrogens is 349 g/mol. The second kappa shape index (κ2) is 7.35. The van der Waals surface area contributed by atoms with Crippen LogP contribution in [-0.4, -0.2) is 27.6 Å². The van der Waals surface area contributed by atoms with Crippen molar-refractivity contribution >= 4 is 29.3 Å². The number of nitrogens with zero attached hydrogens (tertiary/aromatic N) is 2. The van der Waals surface area contributed by atoms with E-state index < -0.39 is 30.3 Å². The minimum Gasteiger partial charge on any atom is -0.480 e. The number of aliphatic carboxylic acids is 1. The van der Waals surface area contributed by atoms with Gasteiger partial charge in [0.2, 0.25) is 5.95 Å². The standard InChI is InChI=1S/C14H12ClF3N4O2/c15-9-3-1-2-8(4-9)6-19-11-5-10(14(16,17)18)21-13(22-11)20-7-12(23)24/h1-5H,6-7H2,(H,23,24)(H2,19,20,21,22). The summed E-state index contributed by atoms with van der Waals surface area (Å²) in [4.78, 5) is 17.6. The van der Waals surface area contributed by atoms with Gasteiger partial charge in [-0.2, -0.15) is 18.2 Å². The van der Waals surface area contributed by atoms with Gasteiger partial charge in [0.1, 0.15) is 12.4 Å². The van der Waals surface area contributed by atoms with Gasteiger partial charge >= 0.3 is 12.1 Å². The normalized spacial score (nSPS) is 11.2. The predicted molar refractivity (Wildman–Crippen MR) is 81.9 cm³/mol. The van der Waals surface area contributed by atoms with Crippen LogP contribution in [0.1, 0.15) is 11.3 Å². The summed E-state index contributed by atoms with van der Waals surface area (Å²) in [5, 5.41) is 14.0. The summed E-state index contributed by atoms with van der Waals surface area (Å²) in [5.41, 5.74) is -0.436. The first-order valence-corrected chi connectivity index (χ1v) is 7.02. The molecule has 0 atom stereocenters. The SMILES string of the molecule is O=C(O)CNc1nc(NCc2cccc(Cl)c2)cc(C(F)(F)F)n1. The average Bonchev–Trinajstić information content (AvgIpc) is 2.50. The van der Waals surface area contributed by atoms with Crippen LogP contribution in [0.25, 0.3) is 0 Å². The van der Waals surface area contributed by atoms with Gasteiger partial charge in [0, 0.05) is 17.6 Å². The molecule has 0 spiro atoms. The van der Waals surface area contributed by atoms with Gasteiger partial charge in [-0.15, -0.1) is 0 Å². The molecule has 1 heterocycles. The Balaban J connectivity index is 2.20. The van der Waals surface area contributed by atoms with E-state index in [4.69, 9.17) is 16.7 Å². The van der Waals surface area contributed by atoms with E-state index in [-0.39, 0.29) is 12.4 Å². The number of alkyl halides is 3. The highest BCUT2D eigenvalue weighted by Crippen LogP contribution is 2.29. The second-order valence-electron chi connectivity index (χ2n) is 4.69. The molecule has 6 nitrogen and oxygen atoms in total. The molecule has 0 saturated heterocycles. The van der Waals surface area contributed by atoms with Gasteiger partial charge in [-0.25, -0.2) is 4.98 Å². The number of carboxylic acids is 1. The lowest BCUT2D eigenvalue weighted by Gasteiger charge is -2.12. The number of halogens is 4. The first-order valence-electron chi connectivity index (χ1n) is 6.64. The molecule has 0 unspecified atom stereocenters. The molecule has 0 bridgehead atoms. The van der Waals surface area contributed by atoms with Gasteiger partial charge in [-0.1, -0.05) is 23.7 Å². The van der Waals surface area contributed by atoms with Gasteiger partial charge in [0.25, 0.3) is 0 Å². The first kappa shape index (κ1) is 17.8. The zero-order chi connectivity index (χ0) is 17.7. The molecule has 0 radical (unpaired) electrons. The Kier molecular flexibility index (Phi) is 5.45. The molecule has 1 aromatic carbocycles. The van der Waals surface area contributed by atoms with Crippen molar-refractivity contribution in [2.24, 2.45) is 0 Å². The molecule has 2 rings (SSSR count). The smallest absolute Gasteiger partial charge is 0.433 e. The Morgan fingerprint density at radius 2 is 1.96 bits per heavy atom. The maximum atomic E-state index is 12.9. The molecule has 10 heteroatoms. The number of carboxylic acid groups (broad SMARTS) is 1. The van der Waals surface area contributed by atoms with Crippen molar-refractivity contribution in [2.45, 2.75) is 12.7 Å². The molecule has 1 aromatic heterocycles. The van der Waals surface area contributed by atoms with E-state index in [1.807, 2.05) is 0 Å². The monoisotopic (exact) mass is 360 g/mol. The minimum absolute atomic E-state index is 0.0924. The number of anilines is 2. The van der Waals surface area contributed by atoms with E-state index in [1.54, 1.807) is 24.3 Å². The number of hydrogen-bond acceptors (Lipinski definition) is 5. The molecule has 0 fully saturated rings. The third-order valence-corrected chi connectivity index (χ3v) is 3.01. The number of hydrogen-bond donors (Lipinski definition) is 3. The highest BCUT2D eigenvalue weighted by atomic mass is 35.5. The lowest BCUT2D eigenvalue weighted by atomic mass is 10.2. The lowest BCUT2D eigenvalue weighted by Crippen LogP contribution is -2.18. The van der Waals surface area contributed by atoms with E-state index in [0.717, 1.165) is 11.6 Å². The zero-order valence-electron chi connectivity index (χ0n) is 12.1. The number of benzene rings is 1. The van der Waals surface area contributed by atoms with Gasteiger partial charge < -0.3 is 15.7 Å². The van der Waals surface area contributed by atoms with E-state index >= 15 is 0 Å². The van der Waals surface area contributed by atoms with Crippen molar-refractivity contribution in [1.29, 1.82) is 0 Å². The Bertz CT molecular complexity index is 740. The third kappa shape index (κ3) is 5.27. The highest BCUT2D eigenvalue weighted by Gasteiger charge is 2.33. The minimum atomic E-state index is -4.69. The van der Waals surface area contributed by atoms with Crippen molar-refractivity contribution in [2.75, 3.05) is 17.2 Å². The van der Waals surface area contributed by atoms with Crippen molar-refractivity contribution in [3.8, 4) is 0 Å². The first-order chi connectivity index (χ1) is 11.2. The molecule has 0 aliphatic carbocycles. The Morgan fingerprint density at radius 1 is 1.21 bits per heavy atom. The Morgan fingerprint density at radius 3 is 2.58 bits per heavy atom. The van der Waals surface area contributed by atoms with Crippen LogP contribution in [-0.2, 0) is 17.5 Å². The molecular formula is C14H12ClF3N4O2. The van der Waals surface area contributed by atoms with E-state index in [9.17, 15) is 18.0 Å². The predicted octanol–water partition coefficient (Wildman–Crippen LogP) is 3.26. The summed E-state index contributed by atoms with van der Waals surface area (Å²) in [6, 6.07) is 7.53. The second-order valence-corrected chi connectivity index (χ2v) is 5.13. The fourth-order valence-electron chi connectivity index (χ4n) is 1.76. The van der Waals surface area contributed by atoms with Crippen molar-refractivity contribution in [3.05, 3.63) is 46.6 Å². The summed E-state index contributed by atoms with van der Waals surface area (Å²) in [5.74, 6) is -1.77. The maximum absolute atomic E-state index is 12.9. The highest BCUT2D eigenvalue weighted by molar-refractivity contribution is 6.30. The molecule has 128 valence electrons. The van der Waals surface area contributed by atoms with Crippen molar-refractivity contribution in [3.63, 3.8) is 0 Å². The van der Waals surface area contributed by atoms with Crippen LogP contribution < -0.4 is 10.6 Å². The van der Waals surface area contributed by atoms with Crippen LogP contribution in [0.15, 0.2) is 30.3 Å².